The largest absolute Gasteiger partial charge is 0.490 e. The van der Waals surface area contributed by atoms with E-state index in [0.717, 1.165) is 5.52 Å². The van der Waals surface area contributed by atoms with E-state index in [2.05, 4.69) is 15.0 Å². The van der Waals surface area contributed by atoms with Crippen LogP contribution in [0.25, 0.3) is 22.6 Å². The Bertz CT molecular complexity index is 797. The summed E-state index contributed by atoms with van der Waals surface area (Å²) in [4.78, 5) is 12.8. The number of aromatic nitrogens is 4. The molecule has 0 saturated heterocycles. The van der Waals surface area contributed by atoms with Gasteiger partial charge in [0.2, 0.25) is 0 Å². The zero-order valence-corrected chi connectivity index (χ0v) is 12.0. The zero-order valence-electron chi connectivity index (χ0n) is 12.0. The van der Waals surface area contributed by atoms with Crippen LogP contribution in [0.4, 0.5) is 4.39 Å². The summed E-state index contributed by atoms with van der Waals surface area (Å²) in [6, 6.07) is 4.69. The molecule has 3 rings (SSSR count). The van der Waals surface area contributed by atoms with Gasteiger partial charge in [0, 0.05) is 7.05 Å². The highest BCUT2D eigenvalue weighted by molar-refractivity contribution is 5.74. The van der Waals surface area contributed by atoms with Crippen molar-refractivity contribution in [1.82, 2.24) is 19.5 Å². The third-order valence-electron chi connectivity index (χ3n) is 3.04. The third-order valence-corrected chi connectivity index (χ3v) is 3.04. The zero-order chi connectivity index (χ0) is 15.0. The van der Waals surface area contributed by atoms with Crippen molar-refractivity contribution in [3.8, 4) is 17.1 Å². The molecule has 0 spiro atoms. The highest BCUT2D eigenvalue weighted by Crippen LogP contribution is 2.31. The van der Waals surface area contributed by atoms with Crippen LogP contribution in [0, 0.1) is 5.82 Å². The Balaban J connectivity index is 2.17. The Morgan fingerprint density at radius 2 is 2.05 bits per heavy atom. The van der Waals surface area contributed by atoms with Crippen LogP contribution in [0.5, 0.6) is 5.75 Å². The normalized spacial score (nSPS) is 11.3. The van der Waals surface area contributed by atoms with Crippen LogP contribution in [0.1, 0.15) is 13.8 Å². The van der Waals surface area contributed by atoms with E-state index >= 15 is 0 Å². The van der Waals surface area contributed by atoms with Crippen LogP contribution in [0.2, 0.25) is 0 Å². The molecule has 5 nitrogen and oxygen atoms in total. The minimum Gasteiger partial charge on any atom is -0.490 e. The van der Waals surface area contributed by atoms with Gasteiger partial charge in [0.05, 0.1) is 24.2 Å². The van der Waals surface area contributed by atoms with Gasteiger partial charge in [0.25, 0.3) is 0 Å². The first-order valence-corrected chi connectivity index (χ1v) is 6.66. The summed E-state index contributed by atoms with van der Waals surface area (Å²) in [5.41, 5.74) is 1.58. The molecule has 108 valence electrons. The molecule has 3 aromatic rings. The van der Waals surface area contributed by atoms with Gasteiger partial charge < -0.3 is 9.30 Å². The first kappa shape index (κ1) is 13.5. The van der Waals surface area contributed by atoms with Crippen molar-refractivity contribution in [3.05, 3.63) is 36.5 Å². The van der Waals surface area contributed by atoms with Gasteiger partial charge in [-0.3, -0.25) is 0 Å². The lowest BCUT2D eigenvalue weighted by Crippen LogP contribution is -2.08. The minimum absolute atomic E-state index is 0.0656. The van der Waals surface area contributed by atoms with Gasteiger partial charge in [-0.2, -0.15) is 0 Å². The summed E-state index contributed by atoms with van der Waals surface area (Å²) >= 11 is 0. The van der Waals surface area contributed by atoms with Crippen LogP contribution in [0.15, 0.2) is 30.7 Å². The van der Waals surface area contributed by atoms with Crippen molar-refractivity contribution in [1.29, 1.82) is 0 Å². The SMILES string of the molecule is CC(C)Oc1cccc(F)c1-c1ncc2c(ncn2C)n1. The number of halogens is 1. The van der Waals surface area contributed by atoms with Crippen molar-refractivity contribution >= 4 is 11.2 Å². The van der Waals surface area contributed by atoms with Gasteiger partial charge in [-0.15, -0.1) is 0 Å². The Labute approximate surface area is 121 Å². The molecule has 0 N–H and O–H groups in total. The van der Waals surface area contributed by atoms with E-state index in [-0.39, 0.29) is 17.5 Å². The van der Waals surface area contributed by atoms with E-state index in [0.29, 0.717) is 11.4 Å². The van der Waals surface area contributed by atoms with E-state index in [1.54, 1.807) is 24.7 Å². The molecule has 0 aliphatic heterocycles. The monoisotopic (exact) mass is 286 g/mol. The lowest BCUT2D eigenvalue weighted by Gasteiger charge is -2.13. The second kappa shape index (κ2) is 5.12. The van der Waals surface area contributed by atoms with E-state index in [1.165, 1.54) is 6.07 Å². The number of hydrogen-bond donors (Lipinski definition) is 0. The lowest BCUT2D eigenvalue weighted by atomic mass is 10.1. The molecular weight excluding hydrogens is 271 g/mol. The van der Waals surface area contributed by atoms with Crippen molar-refractivity contribution in [3.63, 3.8) is 0 Å². The Morgan fingerprint density at radius 3 is 2.81 bits per heavy atom. The summed E-state index contributed by atoms with van der Waals surface area (Å²) in [6.45, 7) is 3.77. The fraction of sp³-hybridized carbons (Fsp3) is 0.267. The molecule has 21 heavy (non-hydrogen) atoms. The van der Waals surface area contributed by atoms with Crippen molar-refractivity contribution < 1.29 is 9.13 Å². The van der Waals surface area contributed by atoms with Gasteiger partial charge >= 0.3 is 0 Å². The van der Waals surface area contributed by atoms with Gasteiger partial charge in [-0.05, 0) is 26.0 Å². The second-order valence-electron chi connectivity index (χ2n) is 5.04. The number of fused-ring (bicyclic) bond motifs is 1. The molecule has 2 aromatic heterocycles. The first-order valence-electron chi connectivity index (χ1n) is 6.66. The number of nitrogens with zero attached hydrogens (tertiary/aromatic N) is 4. The summed E-state index contributed by atoms with van der Waals surface area (Å²) in [5, 5.41) is 0. The van der Waals surface area contributed by atoms with Crippen molar-refractivity contribution in [2.75, 3.05) is 0 Å². The molecule has 2 heterocycles. The Morgan fingerprint density at radius 1 is 1.24 bits per heavy atom. The fourth-order valence-electron chi connectivity index (χ4n) is 2.11. The Hall–Kier alpha value is -2.50. The third kappa shape index (κ3) is 2.44. The van der Waals surface area contributed by atoms with E-state index in [9.17, 15) is 4.39 Å². The molecule has 0 atom stereocenters. The second-order valence-corrected chi connectivity index (χ2v) is 5.04. The molecule has 0 bridgehead atoms. The maximum Gasteiger partial charge on any atom is 0.181 e. The molecular formula is C15H15FN4O. The van der Waals surface area contributed by atoms with E-state index < -0.39 is 5.82 Å². The van der Waals surface area contributed by atoms with Gasteiger partial charge in [-0.25, -0.2) is 19.3 Å². The summed E-state index contributed by atoms with van der Waals surface area (Å²) in [7, 11) is 1.86. The number of aryl methyl sites for hydroxylation is 1. The number of hydrogen-bond acceptors (Lipinski definition) is 4. The van der Waals surface area contributed by atoms with Gasteiger partial charge in [0.15, 0.2) is 11.5 Å². The van der Waals surface area contributed by atoms with Crippen LogP contribution >= 0.6 is 0 Å². The lowest BCUT2D eigenvalue weighted by molar-refractivity contribution is 0.242. The molecule has 0 aliphatic carbocycles. The number of ether oxygens (including phenoxy) is 1. The van der Waals surface area contributed by atoms with E-state index in [1.807, 2.05) is 25.5 Å². The predicted molar refractivity (Wildman–Crippen MR) is 77.5 cm³/mol. The first-order chi connectivity index (χ1) is 10.1. The molecule has 0 fully saturated rings. The standard InChI is InChI=1S/C15H15FN4O/c1-9(2)21-12-6-4-5-10(16)13(12)15-17-7-11-14(19-15)18-8-20(11)3/h4-9H,1-3H3. The molecule has 1 aromatic carbocycles. The highest BCUT2D eigenvalue weighted by Gasteiger charge is 2.17. The predicted octanol–water partition coefficient (Wildman–Crippen LogP) is 2.96. The maximum atomic E-state index is 14.2. The maximum absolute atomic E-state index is 14.2. The van der Waals surface area contributed by atoms with Crippen LogP contribution in [-0.4, -0.2) is 25.6 Å². The number of benzene rings is 1. The minimum atomic E-state index is -0.413. The summed E-state index contributed by atoms with van der Waals surface area (Å²) in [5.74, 6) is 0.290. The van der Waals surface area contributed by atoms with Crippen LogP contribution in [-0.2, 0) is 7.05 Å². The molecule has 6 heteroatoms. The number of rotatable bonds is 3. The number of imidazole rings is 1. The van der Waals surface area contributed by atoms with Crippen molar-refractivity contribution in [2.24, 2.45) is 7.05 Å². The van der Waals surface area contributed by atoms with Crippen molar-refractivity contribution in [2.45, 2.75) is 20.0 Å². The van der Waals surface area contributed by atoms with Gasteiger partial charge in [-0.1, -0.05) is 6.07 Å². The molecule has 0 saturated carbocycles. The van der Waals surface area contributed by atoms with Crippen LogP contribution < -0.4 is 4.74 Å². The molecule has 0 aliphatic rings. The molecule has 0 radical (unpaired) electrons. The smallest absolute Gasteiger partial charge is 0.181 e. The topological polar surface area (TPSA) is 52.8 Å². The molecule has 0 amide bonds. The summed E-state index contributed by atoms with van der Waals surface area (Å²) in [6.07, 6.45) is 3.22. The average Bonchev–Trinajstić information content (AvgIpc) is 2.79. The van der Waals surface area contributed by atoms with E-state index in [4.69, 9.17) is 4.74 Å². The average molecular weight is 286 g/mol. The summed E-state index contributed by atoms with van der Waals surface area (Å²) < 4.78 is 21.7. The quantitative estimate of drug-likeness (QED) is 0.743. The fourth-order valence-corrected chi connectivity index (χ4v) is 2.11. The van der Waals surface area contributed by atoms with Crippen LogP contribution in [0.3, 0.4) is 0 Å². The Kier molecular flexibility index (Phi) is 3.29. The molecule has 0 unspecified atom stereocenters. The van der Waals surface area contributed by atoms with Gasteiger partial charge in [0.1, 0.15) is 17.1 Å². The highest BCUT2D eigenvalue weighted by atomic mass is 19.1.